The molecule has 1 unspecified atom stereocenters. The van der Waals surface area contributed by atoms with Gasteiger partial charge < -0.3 is 11.1 Å². The topological polar surface area (TPSA) is 167 Å². The number of carbonyl (C=O) groups is 2. The molecule has 0 radical (unpaired) electrons. The summed E-state index contributed by atoms with van der Waals surface area (Å²) in [5.74, 6) is -1.58. The zero-order valence-corrected chi connectivity index (χ0v) is 24.6. The average Bonchev–Trinajstić information content (AvgIpc) is 3.50. The van der Waals surface area contributed by atoms with Gasteiger partial charge in [-0.1, -0.05) is 78.9 Å². The van der Waals surface area contributed by atoms with Crippen LogP contribution in [-0.2, 0) is 14.8 Å². The lowest BCUT2D eigenvalue weighted by Gasteiger charge is -2.18. The van der Waals surface area contributed by atoms with Crippen LogP contribution in [0, 0.1) is 11.5 Å². The van der Waals surface area contributed by atoms with Crippen molar-refractivity contribution >= 4 is 39.1 Å². The summed E-state index contributed by atoms with van der Waals surface area (Å²) in [5.41, 5.74) is 7.70. The SMILES string of the molecule is N#CNC(N)=NCCCC(NC(=O)c1ccc(C(c2ccccc2)c2ccccc2)s1)C(=O)NS(=O)(=O)c1ccccc1. The Kier molecular flexibility index (Phi) is 10.6. The number of rotatable bonds is 12. The van der Waals surface area contributed by atoms with Gasteiger partial charge in [0.25, 0.3) is 21.8 Å². The Morgan fingerprint density at radius 3 is 2.05 bits per heavy atom. The van der Waals surface area contributed by atoms with E-state index in [0.717, 1.165) is 16.0 Å². The number of sulfonamides is 1. The zero-order chi connectivity index (χ0) is 30.7. The Balaban J connectivity index is 1.54. The first-order valence-corrected chi connectivity index (χ1v) is 15.7. The van der Waals surface area contributed by atoms with Gasteiger partial charge in [-0.25, -0.2) is 13.1 Å². The predicted molar refractivity (Wildman–Crippen MR) is 166 cm³/mol. The fourth-order valence-electron chi connectivity index (χ4n) is 4.39. The molecule has 0 aliphatic rings. The highest BCUT2D eigenvalue weighted by Crippen LogP contribution is 2.36. The summed E-state index contributed by atoms with van der Waals surface area (Å²) in [4.78, 5) is 31.8. The van der Waals surface area contributed by atoms with Gasteiger partial charge in [-0.05, 0) is 48.2 Å². The largest absolute Gasteiger partial charge is 0.369 e. The van der Waals surface area contributed by atoms with Crippen molar-refractivity contribution in [2.24, 2.45) is 10.7 Å². The van der Waals surface area contributed by atoms with Gasteiger partial charge in [0.2, 0.25) is 5.96 Å². The third-order valence-electron chi connectivity index (χ3n) is 6.43. The number of carbonyl (C=O) groups excluding carboxylic acids is 2. The minimum absolute atomic E-state index is 0.0695. The number of nitrogens with zero attached hydrogens (tertiary/aromatic N) is 2. The molecule has 1 heterocycles. The molecule has 1 aromatic heterocycles. The van der Waals surface area contributed by atoms with E-state index >= 15 is 0 Å². The molecule has 4 rings (SSSR count). The lowest BCUT2D eigenvalue weighted by atomic mass is 9.90. The molecule has 10 nitrogen and oxygen atoms in total. The molecule has 12 heteroatoms. The fraction of sp³-hybridized carbons (Fsp3) is 0.161. The van der Waals surface area contributed by atoms with Crippen molar-refractivity contribution in [1.82, 2.24) is 15.4 Å². The summed E-state index contributed by atoms with van der Waals surface area (Å²) in [7, 11) is -4.17. The standard InChI is InChI=1S/C31H30N6O4S2/c32-21-35-31(33)34-20-10-17-25(29(38)37-43(40,41)24-15-8-3-9-16-24)36-30(39)27-19-18-26(42-27)28(22-11-4-1-5-12-22)23-13-6-2-7-14-23/h1-9,11-16,18-19,25,28H,10,17,20H2,(H,36,39)(H,37,38)(H3,33,34,35). The summed E-state index contributed by atoms with van der Waals surface area (Å²) in [5, 5.41) is 13.6. The summed E-state index contributed by atoms with van der Waals surface area (Å²) < 4.78 is 27.7. The molecule has 0 bridgehead atoms. The highest BCUT2D eigenvalue weighted by Gasteiger charge is 2.27. The second-order valence-corrected chi connectivity index (χ2v) is 12.2. The molecule has 0 aliphatic carbocycles. The smallest absolute Gasteiger partial charge is 0.264 e. The maximum absolute atomic E-state index is 13.4. The lowest BCUT2D eigenvalue weighted by Crippen LogP contribution is -2.48. The van der Waals surface area contributed by atoms with Crippen LogP contribution < -0.4 is 21.1 Å². The number of nitriles is 1. The Labute approximate surface area is 254 Å². The van der Waals surface area contributed by atoms with Crippen LogP contribution in [-0.4, -0.2) is 38.8 Å². The number of amides is 2. The first-order chi connectivity index (χ1) is 20.8. The summed E-state index contributed by atoms with van der Waals surface area (Å²) >= 11 is 1.30. The molecule has 1 atom stereocenters. The average molecular weight is 615 g/mol. The van der Waals surface area contributed by atoms with Crippen LogP contribution in [0.25, 0.3) is 0 Å². The molecule has 5 N–H and O–H groups in total. The molecule has 4 aromatic rings. The monoisotopic (exact) mass is 614 g/mol. The number of nitrogens with one attached hydrogen (secondary N) is 3. The van der Waals surface area contributed by atoms with Crippen molar-refractivity contribution in [2.75, 3.05) is 6.54 Å². The van der Waals surface area contributed by atoms with E-state index in [1.54, 1.807) is 30.5 Å². The summed E-state index contributed by atoms with van der Waals surface area (Å²) in [6.45, 7) is 0.143. The van der Waals surface area contributed by atoms with Crippen LogP contribution in [0.3, 0.4) is 0 Å². The van der Waals surface area contributed by atoms with Gasteiger partial charge in [-0.3, -0.25) is 19.9 Å². The number of aliphatic imine (C=N–C) groups is 1. The van der Waals surface area contributed by atoms with Crippen LogP contribution in [0.1, 0.15) is 44.4 Å². The minimum atomic E-state index is -4.17. The maximum Gasteiger partial charge on any atom is 0.264 e. The second kappa shape index (κ2) is 14.8. The summed E-state index contributed by atoms with van der Waals surface area (Å²) in [6.07, 6.45) is 2.00. The number of guanidine groups is 1. The van der Waals surface area contributed by atoms with Crippen molar-refractivity contribution in [2.45, 2.75) is 29.7 Å². The number of hydrogen-bond acceptors (Lipinski definition) is 7. The third-order valence-corrected chi connectivity index (χ3v) is 8.94. The Morgan fingerprint density at radius 1 is 0.884 bits per heavy atom. The molecule has 2 amide bonds. The first-order valence-electron chi connectivity index (χ1n) is 13.4. The van der Waals surface area contributed by atoms with E-state index < -0.39 is 27.9 Å². The molecule has 0 aliphatic heterocycles. The molecule has 43 heavy (non-hydrogen) atoms. The predicted octanol–water partition coefficient (Wildman–Crippen LogP) is 3.70. The van der Waals surface area contributed by atoms with Crippen molar-refractivity contribution in [3.05, 3.63) is 124 Å². The highest BCUT2D eigenvalue weighted by molar-refractivity contribution is 7.90. The quantitative estimate of drug-likeness (QED) is 0.0621. The Hall–Kier alpha value is -4.99. The van der Waals surface area contributed by atoms with Crippen molar-refractivity contribution < 1.29 is 18.0 Å². The Morgan fingerprint density at radius 2 is 1.47 bits per heavy atom. The number of hydrogen-bond donors (Lipinski definition) is 4. The van der Waals surface area contributed by atoms with E-state index in [0.29, 0.717) is 4.88 Å². The minimum Gasteiger partial charge on any atom is -0.369 e. The van der Waals surface area contributed by atoms with Crippen LogP contribution >= 0.6 is 11.3 Å². The van der Waals surface area contributed by atoms with Gasteiger partial charge in [0.05, 0.1) is 9.77 Å². The zero-order valence-electron chi connectivity index (χ0n) is 23.0. The van der Waals surface area contributed by atoms with Gasteiger partial charge in [0, 0.05) is 17.3 Å². The van der Waals surface area contributed by atoms with Crippen molar-refractivity contribution in [1.29, 1.82) is 5.26 Å². The van der Waals surface area contributed by atoms with Crippen LogP contribution in [0.4, 0.5) is 0 Å². The maximum atomic E-state index is 13.4. The van der Waals surface area contributed by atoms with Gasteiger partial charge >= 0.3 is 0 Å². The van der Waals surface area contributed by atoms with Crippen LogP contribution in [0.2, 0.25) is 0 Å². The van der Waals surface area contributed by atoms with Crippen molar-refractivity contribution in [3.8, 4) is 6.19 Å². The van der Waals surface area contributed by atoms with Crippen LogP contribution in [0.15, 0.2) is 113 Å². The van der Waals surface area contributed by atoms with E-state index in [9.17, 15) is 18.0 Å². The number of thiophene rings is 1. The molecule has 0 saturated heterocycles. The molecule has 220 valence electrons. The van der Waals surface area contributed by atoms with Gasteiger partial charge in [0.1, 0.15) is 6.04 Å². The van der Waals surface area contributed by atoms with E-state index in [1.165, 1.54) is 23.5 Å². The van der Waals surface area contributed by atoms with Crippen molar-refractivity contribution in [3.63, 3.8) is 0 Å². The van der Waals surface area contributed by atoms with E-state index in [-0.39, 0.29) is 36.2 Å². The van der Waals surface area contributed by atoms with Gasteiger partial charge in [0.15, 0.2) is 6.19 Å². The second-order valence-electron chi connectivity index (χ2n) is 9.41. The van der Waals surface area contributed by atoms with Gasteiger partial charge in [-0.15, -0.1) is 11.3 Å². The van der Waals surface area contributed by atoms with E-state index in [1.807, 2.05) is 66.7 Å². The molecule has 0 spiro atoms. The highest BCUT2D eigenvalue weighted by atomic mass is 32.2. The summed E-state index contributed by atoms with van der Waals surface area (Å²) in [6, 6.07) is 29.8. The molecular weight excluding hydrogens is 585 g/mol. The fourth-order valence-corrected chi connectivity index (χ4v) is 6.50. The lowest BCUT2D eigenvalue weighted by molar-refractivity contribution is -0.121. The third kappa shape index (κ3) is 8.51. The number of benzene rings is 3. The number of nitrogens with two attached hydrogens (primary N) is 1. The first kappa shape index (κ1) is 31.0. The molecule has 0 fully saturated rings. The molecular formula is C31H30N6O4S2. The van der Waals surface area contributed by atoms with E-state index in [4.69, 9.17) is 11.0 Å². The molecule has 3 aromatic carbocycles. The molecule has 0 saturated carbocycles. The van der Waals surface area contributed by atoms with Gasteiger partial charge in [-0.2, -0.15) is 5.26 Å². The van der Waals surface area contributed by atoms with E-state index in [2.05, 4.69) is 20.3 Å². The normalized spacial score (nSPS) is 12.2. The van der Waals surface area contributed by atoms with Crippen LogP contribution in [0.5, 0.6) is 0 Å². The Bertz CT molecular complexity index is 1660.